The van der Waals surface area contributed by atoms with Gasteiger partial charge in [0.1, 0.15) is 18.1 Å². The highest BCUT2D eigenvalue weighted by Gasteiger charge is 2.43. The molecule has 58 heavy (non-hydrogen) atoms. The Morgan fingerprint density at radius 3 is 2.12 bits per heavy atom. The third-order valence-electron chi connectivity index (χ3n) is 11.8. The van der Waals surface area contributed by atoms with Gasteiger partial charge in [-0.25, -0.2) is 4.79 Å². The van der Waals surface area contributed by atoms with Crippen molar-refractivity contribution in [1.29, 1.82) is 0 Å². The standard InChI is InChI=1S/C45H75N5O8/c1-14-16-20-25-48(9)39(30(5)6)43(53)47-38(29(3)4)44(54)49(10)40(31(7)15-2)36(56-11)28-37(51)50-26-21-24-35(50)41(57-12)32(8)42(52)46-34(45(55)58-13)27-33-22-18-17-19-23-33/h17-19,22-23,29,31-32,34-36,38-41H,5,14-16,20-21,24-28H2,1-4,6-13H3,(H,46,52)(H,47,53)/t31-,32+,34-,35-,36+,38-,39-,40-,41+/m0/s1. The van der Waals surface area contributed by atoms with Crippen LogP contribution < -0.4 is 10.6 Å². The summed E-state index contributed by atoms with van der Waals surface area (Å²) in [5, 5.41) is 5.93. The molecular formula is C45H75N5O8. The first-order valence-electron chi connectivity index (χ1n) is 21.2. The van der Waals surface area contributed by atoms with E-state index >= 15 is 0 Å². The molecule has 1 heterocycles. The van der Waals surface area contributed by atoms with Crippen molar-refractivity contribution in [3.63, 3.8) is 0 Å². The first-order chi connectivity index (χ1) is 27.5. The van der Waals surface area contributed by atoms with Crippen LogP contribution >= 0.6 is 0 Å². The van der Waals surface area contributed by atoms with Gasteiger partial charge < -0.3 is 34.6 Å². The maximum Gasteiger partial charge on any atom is 0.328 e. The SMILES string of the molecule is C=C(C)[C@@H](C(=O)N[C@H](C(=O)N(C)[C@@H]([C@@H](C)CC)[C@@H](CC(=O)N1CCC[C@H]1[C@H](OC)[C@@H](C)C(=O)N[C@@H](Cc1ccccc1)C(=O)OC)OC)C(C)C)N(C)CCCCC. The molecular weight excluding hydrogens is 739 g/mol. The first kappa shape index (κ1) is 50.3. The molecule has 0 aliphatic carbocycles. The number of carbonyl (C=O) groups excluding carboxylic acids is 5. The molecule has 0 bridgehead atoms. The predicted octanol–water partition coefficient (Wildman–Crippen LogP) is 5.01. The second-order valence-electron chi connectivity index (χ2n) is 16.5. The smallest absolute Gasteiger partial charge is 0.328 e. The molecule has 9 atom stereocenters. The second-order valence-corrected chi connectivity index (χ2v) is 16.5. The summed E-state index contributed by atoms with van der Waals surface area (Å²) in [6.45, 7) is 18.9. The van der Waals surface area contributed by atoms with Crippen LogP contribution in [0.2, 0.25) is 0 Å². The molecule has 328 valence electrons. The molecule has 1 aromatic rings. The average Bonchev–Trinajstić information content (AvgIpc) is 3.68. The van der Waals surface area contributed by atoms with Crippen LogP contribution in [0.1, 0.15) is 99.0 Å². The number of hydrogen-bond donors (Lipinski definition) is 2. The van der Waals surface area contributed by atoms with Crippen LogP contribution in [0.5, 0.6) is 0 Å². The molecule has 1 fully saturated rings. The van der Waals surface area contributed by atoms with Crippen LogP contribution in [0.3, 0.4) is 0 Å². The van der Waals surface area contributed by atoms with Crippen LogP contribution in [0.4, 0.5) is 0 Å². The molecule has 4 amide bonds. The van der Waals surface area contributed by atoms with E-state index in [0.717, 1.165) is 44.2 Å². The average molecular weight is 814 g/mol. The highest BCUT2D eigenvalue weighted by atomic mass is 16.5. The van der Waals surface area contributed by atoms with Gasteiger partial charge in [-0.3, -0.25) is 24.1 Å². The van der Waals surface area contributed by atoms with Crippen molar-refractivity contribution >= 4 is 29.6 Å². The van der Waals surface area contributed by atoms with Crippen molar-refractivity contribution < 1.29 is 38.2 Å². The van der Waals surface area contributed by atoms with Gasteiger partial charge in [0.05, 0.1) is 43.7 Å². The molecule has 1 saturated heterocycles. The Balaban J connectivity index is 2.29. The molecule has 2 N–H and O–H groups in total. The third-order valence-corrected chi connectivity index (χ3v) is 11.8. The molecule has 1 aliphatic heterocycles. The molecule has 0 aromatic heterocycles. The van der Waals surface area contributed by atoms with Gasteiger partial charge in [-0.2, -0.15) is 0 Å². The number of rotatable bonds is 25. The van der Waals surface area contributed by atoms with Crippen molar-refractivity contribution in [2.45, 2.75) is 142 Å². The van der Waals surface area contributed by atoms with Crippen LogP contribution in [0, 0.1) is 17.8 Å². The van der Waals surface area contributed by atoms with E-state index in [1.165, 1.54) is 14.2 Å². The van der Waals surface area contributed by atoms with Crippen LogP contribution in [0.25, 0.3) is 0 Å². The molecule has 1 aromatic carbocycles. The van der Waals surface area contributed by atoms with Crippen molar-refractivity contribution in [2.24, 2.45) is 17.8 Å². The van der Waals surface area contributed by atoms with Crippen molar-refractivity contribution in [3.8, 4) is 0 Å². The van der Waals surface area contributed by atoms with Crippen LogP contribution in [-0.2, 0) is 44.6 Å². The van der Waals surface area contributed by atoms with Gasteiger partial charge in [-0.1, -0.05) is 103 Å². The number of likely N-dealkylation sites (N-methyl/N-ethyl adjacent to an activating group) is 2. The molecule has 0 radical (unpaired) electrons. The minimum absolute atomic E-state index is 0.00286. The van der Waals surface area contributed by atoms with E-state index in [2.05, 4.69) is 24.1 Å². The number of unbranched alkanes of at least 4 members (excludes halogenated alkanes) is 2. The zero-order chi connectivity index (χ0) is 43.7. The fourth-order valence-corrected chi connectivity index (χ4v) is 8.30. The summed E-state index contributed by atoms with van der Waals surface area (Å²) in [5.74, 6) is -2.59. The Labute approximate surface area is 348 Å². The highest BCUT2D eigenvalue weighted by Crippen LogP contribution is 2.30. The maximum absolute atomic E-state index is 14.4. The molecule has 0 unspecified atom stereocenters. The van der Waals surface area contributed by atoms with Crippen molar-refractivity contribution in [1.82, 2.24) is 25.3 Å². The third kappa shape index (κ3) is 13.9. The zero-order valence-electron chi connectivity index (χ0n) is 37.5. The Kier molecular flexibility index (Phi) is 21.7. The monoisotopic (exact) mass is 814 g/mol. The van der Waals surface area contributed by atoms with E-state index in [1.54, 1.807) is 30.9 Å². The normalized spacial score (nSPS) is 18.4. The molecule has 0 spiro atoms. The minimum Gasteiger partial charge on any atom is -0.467 e. The zero-order valence-corrected chi connectivity index (χ0v) is 37.5. The Hall–Kier alpha value is -3.81. The quantitative estimate of drug-likeness (QED) is 0.0790. The lowest BCUT2D eigenvalue weighted by molar-refractivity contribution is -0.149. The number of esters is 1. The predicted molar refractivity (Wildman–Crippen MR) is 228 cm³/mol. The number of ether oxygens (including phenoxy) is 3. The summed E-state index contributed by atoms with van der Waals surface area (Å²) in [5.41, 5.74) is 1.58. The summed E-state index contributed by atoms with van der Waals surface area (Å²) in [4.78, 5) is 74.3. The number of likely N-dealkylation sites (tertiary alicyclic amines) is 1. The number of nitrogens with one attached hydrogen (secondary N) is 2. The van der Waals surface area contributed by atoms with Gasteiger partial charge in [-0.15, -0.1) is 0 Å². The van der Waals surface area contributed by atoms with Gasteiger partial charge in [0, 0.05) is 34.2 Å². The van der Waals surface area contributed by atoms with E-state index in [4.69, 9.17) is 14.2 Å². The fraction of sp³-hybridized carbons (Fsp3) is 0.711. The largest absolute Gasteiger partial charge is 0.467 e. The number of hydrogen-bond acceptors (Lipinski definition) is 9. The highest BCUT2D eigenvalue weighted by molar-refractivity contribution is 5.91. The van der Waals surface area contributed by atoms with Gasteiger partial charge in [0.25, 0.3) is 0 Å². The number of benzene rings is 1. The minimum atomic E-state index is -0.895. The van der Waals surface area contributed by atoms with E-state index < -0.39 is 54.3 Å². The maximum atomic E-state index is 14.4. The van der Waals surface area contributed by atoms with E-state index in [-0.39, 0.29) is 48.3 Å². The summed E-state index contributed by atoms with van der Waals surface area (Å²) in [6, 6.07) is 6.22. The molecule has 13 nitrogen and oxygen atoms in total. The lowest BCUT2D eigenvalue weighted by atomic mass is 9.89. The second kappa shape index (κ2) is 25.0. The number of methoxy groups -OCH3 is 3. The van der Waals surface area contributed by atoms with Crippen molar-refractivity contribution in [2.75, 3.05) is 48.5 Å². The number of nitrogens with zero attached hydrogens (tertiary/aromatic N) is 3. The summed E-state index contributed by atoms with van der Waals surface area (Å²) in [7, 11) is 8.01. The van der Waals surface area contributed by atoms with Gasteiger partial charge >= 0.3 is 5.97 Å². The van der Waals surface area contributed by atoms with Crippen molar-refractivity contribution in [3.05, 3.63) is 48.0 Å². The first-order valence-corrected chi connectivity index (χ1v) is 21.2. The molecule has 1 aliphatic rings. The molecule has 0 saturated carbocycles. The summed E-state index contributed by atoms with van der Waals surface area (Å²) in [6.07, 6.45) is 4.11. The van der Waals surface area contributed by atoms with Crippen LogP contribution in [0.15, 0.2) is 42.5 Å². The number of amides is 4. The Morgan fingerprint density at radius 1 is 0.931 bits per heavy atom. The van der Waals surface area contributed by atoms with E-state index in [1.807, 2.05) is 76.9 Å². The molecule has 2 rings (SSSR count). The lowest BCUT2D eigenvalue weighted by Gasteiger charge is -2.41. The van der Waals surface area contributed by atoms with E-state index in [0.29, 0.717) is 18.5 Å². The topological polar surface area (TPSA) is 147 Å². The molecule has 13 heteroatoms. The lowest BCUT2D eigenvalue weighted by Crippen LogP contribution is -2.59. The fourth-order valence-electron chi connectivity index (χ4n) is 8.30. The van der Waals surface area contributed by atoms with E-state index in [9.17, 15) is 24.0 Å². The summed E-state index contributed by atoms with van der Waals surface area (Å²) >= 11 is 0. The van der Waals surface area contributed by atoms with Gasteiger partial charge in [0.15, 0.2) is 0 Å². The summed E-state index contributed by atoms with van der Waals surface area (Å²) < 4.78 is 17.0. The van der Waals surface area contributed by atoms with Crippen LogP contribution in [-0.4, -0.2) is 135 Å². The van der Waals surface area contributed by atoms with Gasteiger partial charge in [0.2, 0.25) is 23.6 Å². The number of carbonyl (C=O) groups is 5. The Morgan fingerprint density at radius 2 is 1.59 bits per heavy atom. The Bertz CT molecular complexity index is 1470. The van der Waals surface area contributed by atoms with Gasteiger partial charge in [-0.05, 0) is 57.2 Å².